The number of pyridine rings is 2. The van der Waals surface area contributed by atoms with E-state index in [4.69, 9.17) is 4.98 Å². The SMILES string of the molecule is O=C(NCCCN1CCCCCC1=O)c1cc(-c2ccncc2)nc2ccccc12. The van der Waals surface area contributed by atoms with Crippen molar-refractivity contribution in [3.8, 4) is 11.3 Å². The van der Waals surface area contributed by atoms with Gasteiger partial charge in [-0.05, 0) is 43.5 Å². The molecule has 0 aliphatic carbocycles. The normalized spacial score (nSPS) is 14.5. The summed E-state index contributed by atoms with van der Waals surface area (Å²) in [6, 6.07) is 13.3. The van der Waals surface area contributed by atoms with Crippen LogP contribution in [0.4, 0.5) is 0 Å². The topological polar surface area (TPSA) is 75.2 Å². The van der Waals surface area contributed by atoms with E-state index in [0.29, 0.717) is 25.1 Å². The summed E-state index contributed by atoms with van der Waals surface area (Å²) in [6.07, 6.45) is 8.00. The largest absolute Gasteiger partial charge is 0.352 e. The van der Waals surface area contributed by atoms with E-state index in [-0.39, 0.29) is 11.8 Å². The number of carbonyl (C=O) groups excluding carboxylic acids is 2. The second kappa shape index (κ2) is 9.48. The fraction of sp³-hybridized carbons (Fsp3) is 0.333. The Balaban J connectivity index is 1.46. The molecule has 2 aromatic heterocycles. The molecule has 6 heteroatoms. The lowest BCUT2D eigenvalue weighted by molar-refractivity contribution is -0.130. The maximum atomic E-state index is 13.0. The number of para-hydroxylation sites is 1. The van der Waals surface area contributed by atoms with Gasteiger partial charge in [-0.1, -0.05) is 24.6 Å². The second-order valence-electron chi connectivity index (χ2n) is 7.61. The lowest BCUT2D eigenvalue weighted by atomic mass is 10.0. The van der Waals surface area contributed by atoms with Crippen LogP contribution in [0.25, 0.3) is 22.2 Å². The number of benzene rings is 1. The minimum absolute atomic E-state index is 0.119. The van der Waals surface area contributed by atoms with Crippen LogP contribution >= 0.6 is 0 Å². The molecule has 3 heterocycles. The van der Waals surface area contributed by atoms with Crippen molar-refractivity contribution >= 4 is 22.7 Å². The summed E-state index contributed by atoms with van der Waals surface area (Å²) in [4.78, 5) is 35.8. The summed E-state index contributed by atoms with van der Waals surface area (Å²) in [6.45, 7) is 2.05. The number of rotatable bonds is 6. The highest BCUT2D eigenvalue weighted by Gasteiger charge is 2.17. The van der Waals surface area contributed by atoms with Crippen molar-refractivity contribution in [2.45, 2.75) is 32.1 Å². The number of nitrogens with one attached hydrogen (secondary N) is 1. The summed E-state index contributed by atoms with van der Waals surface area (Å²) in [5, 5.41) is 3.85. The second-order valence-corrected chi connectivity index (χ2v) is 7.61. The molecule has 0 saturated carbocycles. The fourth-order valence-corrected chi connectivity index (χ4v) is 3.88. The molecule has 0 spiro atoms. The maximum Gasteiger partial charge on any atom is 0.252 e. The molecule has 1 N–H and O–H groups in total. The third-order valence-corrected chi connectivity index (χ3v) is 5.50. The molecule has 1 saturated heterocycles. The van der Waals surface area contributed by atoms with Crippen molar-refractivity contribution in [3.05, 3.63) is 60.4 Å². The minimum Gasteiger partial charge on any atom is -0.352 e. The molecule has 1 aliphatic heterocycles. The van der Waals surface area contributed by atoms with Gasteiger partial charge in [-0.15, -0.1) is 0 Å². The van der Waals surface area contributed by atoms with Crippen molar-refractivity contribution < 1.29 is 9.59 Å². The van der Waals surface area contributed by atoms with Crippen LogP contribution in [0.5, 0.6) is 0 Å². The fourth-order valence-electron chi connectivity index (χ4n) is 3.88. The molecule has 1 aliphatic rings. The number of fused-ring (bicyclic) bond motifs is 1. The molecular formula is C24H26N4O2. The van der Waals surface area contributed by atoms with Crippen LogP contribution in [-0.2, 0) is 4.79 Å². The van der Waals surface area contributed by atoms with Crippen molar-refractivity contribution in [2.24, 2.45) is 0 Å². The molecule has 0 atom stereocenters. The van der Waals surface area contributed by atoms with E-state index in [0.717, 1.165) is 54.4 Å². The van der Waals surface area contributed by atoms with Crippen LogP contribution < -0.4 is 5.32 Å². The van der Waals surface area contributed by atoms with Gasteiger partial charge in [0.15, 0.2) is 0 Å². The Morgan fingerprint density at radius 3 is 2.77 bits per heavy atom. The molecule has 4 rings (SSSR count). The first-order chi connectivity index (χ1) is 14.7. The molecule has 0 unspecified atom stereocenters. The van der Waals surface area contributed by atoms with Crippen LogP contribution in [0.15, 0.2) is 54.9 Å². The number of carbonyl (C=O) groups is 2. The highest BCUT2D eigenvalue weighted by molar-refractivity contribution is 6.07. The highest BCUT2D eigenvalue weighted by Crippen LogP contribution is 2.24. The van der Waals surface area contributed by atoms with Gasteiger partial charge in [0, 0.05) is 49.4 Å². The number of hydrogen-bond acceptors (Lipinski definition) is 4. The summed E-state index contributed by atoms with van der Waals surface area (Å²) in [5.41, 5.74) is 3.06. The molecule has 0 radical (unpaired) electrons. The zero-order chi connectivity index (χ0) is 20.8. The van der Waals surface area contributed by atoms with Crippen LogP contribution in [0.1, 0.15) is 42.5 Å². The molecule has 3 aromatic rings. The Morgan fingerprint density at radius 2 is 1.90 bits per heavy atom. The third-order valence-electron chi connectivity index (χ3n) is 5.50. The zero-order valence-corrected chi connectivity index (χ0v) is 17.0. The van der Waals surface area contributed by atoms with Gasteiger partial charge < -0.3 is 10.2 Å². The van der Waals surface area contributed by atoms with E-state index < -0.39 is 0 Å². The molecule has 0 bridgehead atoms. The Hall–Kier alpha value is -3.28. The monoisotopic (exact) mass is 402 g/mol. The Kier molecular flexibility index (Phi) is 6.32. The molecule has 30 heavy (non-hydrogen) atoms. The average Bonchev–Trinajstić information content (AvgIpc) is 3.00. The van der Waals surface area contributed by atoms with Gasteiger partial charge in [-0.25, -0.2) is 4.98 Å². The van der Waals surface area contributed by atoms with Crippen LogP contribution in [0.2, 0.25) is 0 Å². The van der Waals surface area contributed by atoms with Crippen molar-refractivity contribution in [1.29, 1.82) is 0 Å². The predicted molar refractivity (Wildman–Crippen MR) is 117 cm³/mol. The van der Waals surface area contributed by atoms with Gasteiger partial charge in [0.2, 0.25) is 5.91 Å². The van der Waals surface area contributed by atoms with E-state index in [9.17, 15) is 9.59 Å². The van der Waals surface area contributed by atoms with Crippen molar-refractivity contribution in [3.63, 3.8) is 0 Å². The smallest absolute Gasteiger partial charge is 0.252 e. The Morgan fingerprint density at radius 1 is 1.07 bits per heavy atom. The molecule has 6 nitrogen and oxygen atoms in total. The number of aromatic nitrogens is 2. The molecular weight excluding hydrogens is 376 g/mol. The number of hydrogen-bond donors (Lipinski definition) is 1. The predicted octanol–water partition coefficient (Wildman–Crippen LogP) is 3.82. The highest BCUT2D eigenvalue weighted by atomic mass is 16.2. The quantitative estimate of drug-likeness (QED) is 0.636. The third kappa shape index (κ3) is 4.64. The lowest BCUT2D eigenvalue weighted by Crippen LogP contribution is -2.34. The van der Waals surface area contributed by atoms with Crippen molar-refractivity contribution in [1.82, 2.24) is 20.2 Å². The van der Waals surface area contributed by atoms with Gasteiger partial charge in [-0.3, -0.25) is 14.6 Å². The van der Waals surface area contributed by atoms with E-state index in [1.807, 2.05) is 47.4 Å². The van der Waals surface area contributed by atoms with Crippen LogP contribution in [0.3, 0.4) is 0 Å². The van der Waals surface area contributed by atoms with Crippen LogP contribution in [0, 0.1) is 0 Å². The first-order valence-corrected chi connectivity index (χ1v) is 10.6. The first-order valence-electron chi connectivity index (χ1n) is 10.6. The first kappa shape index (κ1) is 20.0. The molecule has 1 fully saturated rings. The summed E-state index contributed by atoms with van der Waals surface area (Å²) >= 11 is 0. The average molecular weight is 402 g/mol. The van der Waals surface area contributed by atoms with Crippen molar-refractivity contribution in [2.75, 3.05) is 19.6 Å². The minimum atomic E-state index is -0.119. The van der Waals surface area contributed by atoms with Gasteiger partial charge in [0.25, 0.3) is 5.91 Å². The van der Waals surface area contributed by atoms with Gasteiger partial charge >= 0.3 is 0 Å². The maximum absolute atomic E-state index is 13.0. The van der Waals surface area contributed by atoms with Gasteiger partial charge in [0.05, 0.1) is 16.8 Å². The lowest BCUT2D eigenvalue weighted by Gasteiger charge is -2.20. The van der Waals surface area contributed by atoms with E-state index in [2.05, 4.69) is 10.3 Å². The molecule has 2 amide bonds. The molecule has 154 valence electrons. The number of amides is 2. The Labute approximate surface area is 176 Å². The van der Waals surface area contributed by atoms with E-state index >= 15 is 0 Å². The van der Waals surface area contributed by atoms with Gasteiger partial charge in [-0.2, -0.15) is 0 Å². The van der Waals surface area contributed by atoms with Crippen LogP contribution in [-0.4, -0.2) is 46.3 Å². The van der Waals surface area contributed by atoms with Gasteiger partial charge in [0.1, 0.15) is 0 Å². The Bertz CT molecular complexity index is 1040. The number of nitrogens with zero attached hydrogens (tertiary/aromatic N) is 3. The summed E-state index contributed by atoms with van der Waals surface area (Å²) in [7, 11) is 0. The van der Waals surface area contributed by atoms with E-state index in [1.54, 1.807) is 12.4 Å². The number of likely N-dealkylation sites (tertiary alicyclic amines) is 1. The van der Waals surface area contributed by atoms with E-state index in [1.165, 1.54) is 0 Å². The zero-order valence-electron chi connectivity index (χ0n) is 17.0. The summed E-state index contributed by atoms with van der Waals surface area (Å²) in [5.74, 6) is 0.118. The standard InChI is InChI=1S/C24H26N4O2/c29-23-9-2-1-5-15-28(23)16-6-12-26-24(30)20-17-22(18-10-13-25-14-11-18)27-21-8-4-3-7-19(20)21/h3-4,7-8,10-11,13-14,17H,1-2,5-6,9,12,15-16H2,(H,26,30). The molecule has 1 aromatic carbocycles. The summed E-state index contributed by atoms with van der Waals surface area (Å²) < 4.78 is 0.